The fraction of sp³-hybridized carbons (Fsp3) is 0.667. The van der Waals surface area contributed by atoms with Gasteiger partial charge in [-0.05, 0) is 64.8 Å². The van der Waals surface area contributed by atoms with Gasteiger partial charge in [0.1, 0.15) is 5.82 Å². The lowest BCUT2D eigenvalue weighted by molar-refractivity contribution is 0.181. The molecule has 1 aromatic rings. The number of hydrogen-bond donors (Lipinski definition) is 2. The van der Waals surface area contributed by atoms with Crippen LogP contribution in [0.1, 0.15) is 12.0 Å². The summed E-state index contributed by atoms with van der Waals surface area (Å²) in [4.78, 5) is 8.98. The molecule has 0 spiro atoms. The average molecular weight is 277 g/mol. The zero-order chi connectivity index (χ0) is 14.5. The Kier molecular flexibility index (Phi) is 5.34. The monoisotopic (exact) mass is 277 g/mol. The molecule has 3 N–H and O–H groups in total. The lowest BCUT2D eigenvalue weighted by Crippen LogP contribution is -2.52. The largest absolute Gasteiger partial charge is 0.384 e. The first kappa shape index (κ1) is 15.2. The molecule has 1 saturated heterocycles. The predicted molar refractivity (Wildman–Crippen MR) is 83.7 cm³/mol. The van der Waals surface area contributed by atoms with Crippen LogP contribution in [0.2, 0.25) is 0 Å². The smallest absolute Gasteiger partial charge is 0.123 e. The van der Waals surface area contributed by atoms with Crippen LogP contribution in [0.5, 0.6) is 0 Å². The third-order valence-corrected chi connectivity index (χ3v) is 4.25. The van der Waals surface area contributed by atoms with Gasteiger partial charge in [-0.1, -0.05) is 0 Å². The number of nitrogens with one attached hydrogen (secondary N) is 1. The van der Waals surface area contributed by atoms with Crippen LogP contribution in [0.25, 0.3) is 0 Å². The van der Waals surface area contributed by atoms with E-state index in [1.54, 1.807) is 6.20 Å². The normalized spacial score (nSPS) is 23.4. The van der Waals surface area contributed by atoms with E-state index in [9.17, 15) is 0 Å². The number of aromatic nitrogens is 1. The number of hydrogen-bond acceptors (Lipinski definition) is 5. The van der Waals surface area contributed by atoms with Gasteiger partial charge in [-0.3, -0.25) is 0 Å². The number of anilines is 1. The second-order valence-corrected chi connectivity index (χ2v) is 5.85. The lowest BCUT2D eigenvalue weighted by Gasteiger charge is -2.34. The Balaban J connectivity index is 2.09. The van der Waals surface area contributed by atoms with Crippen molar-refractivity contribution in [2.24, 2.45) is 0 Å². The van der Waals surface area contributed by atoms with E-state index in [1.807, 2.05) is 13.1 Å². The van der Waals surface area contributed by atoms with Gasteiger partial charge in [0.25, 0.3) is 0 Å². The molecular weight excluding hydrogens is 250 g/mol. The minimum atomic E-state index is 0.419. The Hall–Kier alpha value is -1.17. The molecule has 2 unspecified atom stereocenters. The van der Waals surface area contributed by atoms with Crippen LogP contribution < -0.4 is 11.1 Å². The number of likely N-dealkylation sites (N-methyl/N-ethyl adjacent to an activating group) is 3. The first-order valence-corrected chi connectivity index (χ1v) is 7.36. The Morgan fingerprint density at radius 2 is 2.25 bits per heavy atom. The Labute approximate surface area is 122 Å². The second-order valence-electron chi connectivity index (χ2n) is 5.85. The molecule has 1 aromatic heterocycles. The van der Waals surface area contributed by atoms with E-state index in [4.69, 9.17) is 5.73 Å². The van der Waals surface area contributed by atoms with Crippen LogP contribution in [0, 0.1) is 0 Å². The molecule has 2 rings (SSSR count). The second kappa shape index (κ2) is 7.02. The Morgan fingerprint density at radius 3 is 2.95 bits per heavy atom. The fourth-order valence-electron chi connectivity index (χ4n) is 3.05. The van der Waals surface area contributed by atoms with Crippen molar-refractivity contribution in [3.63, 3.8) is 0 Å². The van der Waals surface area contributed by atoms with Crippen molar-refractivity contribution >= 4 is 5.82 Å². The van der Waals surface area contributed by atoms with E-state index in [2.05, 4.69) is 40.3 Å². The highest BCUT2D eigenvalue weighted by molar-refractivity contribution is 5.32. The summed E-state index contributed by atoms with van der Waals surface area (Å²) in [6.07, 6.45) is 4.01. The van der Waals surface area contributed by atoms with E-state index >= 15 is 0 Å². The van der Waals surface area contributed by atoms with Crippen molar-refractivity contribution < 1.29 is 0 Å². The summed E-state index contributed by atoms with van der Waals surface area (Å²) >= 11 is 0. The molecule has 5 heteroatoms. The Morgan fingerprint density at radius 1 is 1.45 bits per heavy atom. The van der Waals surface area contributed by atoms with Gasteiger partial charge in [-0.25, -0.2) is 4.98 Å². The molecule has 0 saturated carbocycles. The summed E-state index contributed by atoms with van der Waals surface area (Å²) in [6, 6.07) is 4.97. The first-order chi connectivity index (χ1) is 9.60. The molecule has 5 nitrogen and oxygen atoms in total. The van der Waals surface area contributed by atoms with Crippen LogP contribution in [0.15, 0.2) is 18.3 Å². The standard InChI is InChI=1S/C15H27N5/c1-17-13(9-12-5-6-18-15(16)10-12)14-11-19(2)7-4-8-20(14)3/h5-6,10,13-14,17H,4,7-9,11H2,1-3H3,(H2,16,18). The molecular formula is C15H27N5. The molecule has 0 aromatic carbocycles. The van der Waals surface area contributed by atoms with Crippen molar-refractivity contribution in [2.75, 3.05) is 46.5 Å². The van der Waals surface area contributed by atoms with Gasteiger partial charge >= 0.3 is 0 Å². The molecule has 20 heavy (non-hydrogen) atoms. The highest BCUT2D eigenvalue weighted by Gasteiger charge is 2.27. The number of rotatable bonds is 4. The molecule has 0 radical (unpaired) electrons. The van der Waals surface area contributed by atoms with Crippen LogP contribution in [0.4, 0.5) is 5.82 Å². The molecule has 2 heterocycles. The van der Waals surface area contributed by atoms with Gasteiger partial charge in [-0.15, -0.1) is 0 Å². The number of nitrogens with two attached hydrogens (primary N) is 1. The van der Waals surface area contributed by atoms with Gasteiger partial charge in [0, 0.05) is 24.8 Å². The molecule has 0 aliphatic carbocycles. The topological polar surface area (TPSA) is 57.4 Å². The first-order valence-electron chi connectivity index (χ1n) is 7.36. The highest BCUT2D eigenvalue weighted by atomic mass is 15.2. The Bertz CT molecular complexity index is 422. The minimum Gasteiger partial charge on any atom is -0.384 e. The van der Waals surface area contributed by atoms with E-state index in [0.29, 0.717) is 17.9 Å². The average Bonchev–Trinajstić information content (AvgIpc) is 2.58. The van der Waals surface area contributed by atoms with Crippen molar-refractivity contribution in [2.45, 2.75) is 24.9 Å². The van der Waals surface area contributed by atoms with Crippen LogP contribution >= 0.6 is 0 Å². The maximum Gasteiger partial charge on any atom is 0.123 e. The van der Waals surface area contributed by atoms with Crippen molar-refractivity contribution in [3.05, 3.63) is 23.9 Å². The van der Waals surface area contributed by atoms with Crippen LogP contribution in [0.3, 0.4) is 0 Å². The molecule has 0 amide bonds. The molecule has 1 aliphatic heterocycles. The summed E-state index contributed by atoms with van der Waals surface area (Å²) in [6.45, 7) is 3.44. The maximum absolute atomic E-state index is 5.78. The summed E-state index contributed by atoms with van der Waals surface area (Å²) in [5.74, 6) is 0.601. The molecule has 1 aliphatic rings. The quantitative estimate of drug-likeness (QED) is 0.836. The number of pyridine rings is 1. The van der Waals surface area contributed by atoms with E-state index in [-0.39, 0.29) is 0 Å². The molecule has 0 bridgehead atoms. The van der Waals surface area contributed by atoms with Gasteiger partial charge in [-0.2, -0.15) is 0 Å². The summed E-state index contributed by atoms with van der Waals surface area (Å²) in [5.41, 5.74) is 7.03. The third kappa shape index (κ3) is 3.91. The van der Waals surface area contributed by atoms with Crippen molar-refractivity contribution in [3.8, 4) is 0 Å². The SMILES string of the molecule is CNC(Cc1ccnc(N)c1)C1CN(C)CCCN1C. The van der Waals surface area contributed by atoms with E-state index in [0.717, 1.165) is 19.5 Å². The molecule has 2 atom stereocenters. The highest BCUT2D eigenvalue weighted by Crippen LogP contribution is 2.15. The zero-order valence-corrected chi connectivity index (χ0v) is 12.8. The number of nitrogens with zero attached hydrogens (tertiary/aromatic N) is 3. The lowest BCUT2D eigenvalue weighted by atomic mass is 9.98. The molecule has 112 valence electrons. The van der Waals surface area contributed by atoms with Crippen molar-refractivity contribution in [1.29, 1.82) is 0 Å². The zero-order valence-electron chi connectivity index (χ0n) is 12.8. The van der Waals surface area contributed by atoms with Crippen molar-refractivity contribution in [1.82, 2.24) is 20.1 Å². The van der Waals surface area contributed by atoms with Gasteiger partial charge in [0.15, 0.2) is 0 Å². The third-order valence-electron chi connectivity index (χ3n) is 4.25. The van der Waals surface area contributed by atoms with Crippen LogP contribution in [-0.4, -0.2) is 67.6 Å². The molecule has 1 fully saturated rings. The predicted octanol–water partition coefficient (Wildman–Crippen LogP) is 0.430. The fourth-order valence-corrected chi connectivity index (χ4v) is 3.05. The minimum absolute atomic E-state index is 0.419. The maximum atomic E-state index is 5.78. The summed E-state index contributed by atoms with van der Waals surface area (Å²) in [5, 5.41) is 3.49. The summed E-state index contributed by atoms with van der Waals surface area (Å²) in [7, 11) is 6.49. The van der Waals surface area contributed by atoms with Gasteiger partial charge < -0.3 is 20.9 Å². The van der Waals surface area contributed by atoms with Gasteiger partial charge in [0.05, 0.1) is 0 Å². The number of nitrogen functional groups attached to an aromatic ring is 1. The van der Waals surface area contributed by atoms with Gasteiger partial charge in [0.2, 0.25) is 0 Å². The van der Waals surface area contributed by atoms with Crippen LogP contribution in [-0.2, 0) is 6.42 Å². The van der Waals surface area contributed by atoms with E-state index in [1.165, 1.54) is 18.5 Å². The van der Waals surface area contributed by atoms with E-state index < -0.39 is 0 Å². The summed E-state index contributed by atoms with van der Waals surface area (Å²) < 4.78 is 0.